The average molecular weight is 360 g/mol. The van der Waals surface area contributed by atoms with Crippen molar-refractivity contribution in [1.29, 1.82) is 0 Å². The van der Waals surface area contributed by atoms with Gasteiger partial charge in [0.05, 0.1) is 29.8 Å². The number of hydrogen-bond donors (Lipinski definition) is 1. The predicted molar refractivity (Wildman–Crippen MR) is 96.4 cm³/mol. The van der Waals surface area contributed by atoms with Crippen LogP contribution in [0.15, 0.2) is 67.0 Å². The molecule has 0 saturated carbocycles. The number of benzene rings is 2. The quantitative estimate of drug-likeness (QED) is 0.581. The number of carbonyl (C=O) groups excluding carboxylic acids is 1. The monoisotopic (exact) mass is 360 g/mol. The zero-order chi connectivity index (χ0) is 18.6. The molecule has 4 rings (SSSR count). The fourth-order valence-corrected chi connectivity index (χ4v) is 2.67. The number of hydrogen-bond acceptors (Lipinski definition) is 6. The maximum absolute atomic E-state index is 12.6. The molecule has 1 amide bonds. The standard InChI is InChI=1S/C18H16N8O/c1-13(17-21-22-24-26(17)16-5-3-2-4-6-16)20-18(27)14-7-9-15(10-8-14)25-12-11-19-23-25/h2-13H,1H3,(H,20,27). The summed E-state index contributed by atoms with van der Waals surface area (Å²) >= 11 is 0. The third kappa shape index (κ3) is 3.43. The van der Waals surface area contributed by atoms with Gasteiger partial charge >= 0.3 is 0 Å². The maximum atomic E-state index is 12.6. The first kappa shape index (κ1) is 16.6. The van der Waals surface area contributed by atoms with Gasteiger partial charge in [0.2, 0.25) is 0 Å². The van der Waals surface area contributed by atoms with E-state index >= 15 is 0 Å². The number of aromatic nitrogens is 7. The van der Waals surface area contributed by atoms with E-state index in [0.717, 1.165) is 11.4 Å². The predicted octanol–water partition coefficient (Wildman–Crippen LogP) is 1.73. The van der Waals surface area contributed by atoms with E-state index in [1.165, 1.54) is 0 Å². The third-order valence-corrected chi connectivity index (χ3v) is 4.05. The van der Waals surface area contributed by atoms with E-state index in [-0.39, 0.29) is 11.9 Å². The topological polar surface area (TPSA) is 103 Å². The molecule has 2 aromatic heterocycles. The lowest BCUT2D eigenvalue weighted by Crippen LogP contribution is -2.28. The Morgan fingerprint density at radius 1 is 1.00 bits per heavy atom. The lowest BCUT2D eigenvalue weighted by Gasteiger charge is -2.14. The van der Waals surface area contributed by atoms with Gasteiger partial charge in [-0.15, -0.1) is 10.2 Å². The summed E-state index contributed by atoms with van der Waals surface area (Å²) in [5.41, 5.74) is 2.19. The third-order valence-electron chi connectivity index (χ3n) is 4.05. The van der Waals surface area contributed by atoms with Crippen molar-refractivity contribution in [3.05, 3.63) is 78.4 Å². The van der Waals surface area contributed by atoms with Crippen LogP contribution in [0.1, 0.15) is 29.1 Å². The van der Waals surface area contributed by atoms with Gasteiger partial charge in [0, 0.05) is 5.56 Å². The van der Waals surface area contributed by atoms with Crippen molar-refractivity contribution in [1.82, 2.24) is 40.5 Å². The van der Waals surface area contributed by atoms with Crippen LogP contribution in [-0.4, -0.2) is 41.1 Å². The van der Waals surface area contributed by atoms with E-state index < -0.39 is 0 Å². The van der Waals surface area contributed by atoms with Crippen molar-refractivity contribution in [2.24, 2.45) is 0 Å². The summed E-state index contributed by atoms with van der Waals surface area (Å²) in [6, 6.07) is 16.2. The van der Waals surface area contributed by atoms with Crippen molar-refractivity contribution >= 4 is 5.91 Å². The molecule has 4 aromatic rings. The Balaban J connectivity index is 1.50. The molecule has 0 saturated heterocycles. The van der Waals surface area contributed by atoms with E-state index in [1.54, 1.807) is 33.9 Å². The second-order valence-corrected chi connectivity index (χ2v) is 5.87. The normalized spacial score (nSPS) is 11.9. The summed E-state index contributed by atoms with van der Waals surface area (Å²) in [4.78, 5) is 12.6. The summed E-state index contributed by atoms with van der Waals surface area (Å²) in [6.45, 7) is 1.84. The maximum Gasteiger partial charge on any atom is 0.251 e. The highest BCUT2D eigenvalue weighted by Gasteiger charge is 2.18. The zero-order valence-corrected chi connectivity index (χ0v) is 14.5. The smallest absolute Gasteiger partial charge is 0.251 e. The van der Waals surface area contributed by atoms with E-state index in [2.05, 4.69) is 31.2 Å². The molecule has 2 heterocycles. The van der Waals surface area contributed by atoms with Crippen LogP contribution in [0.3, 0.4) is 0 Å². The molecule has 134 valence electrons. The molecule has 1 N–H and O–H groups in total. The first-order valence-electron chi connectivity index (χ1n) is 8.34. The Morgan fingerprint density at radius 3 is 2.48 bits per heavy atom. The van der Waals surface area contributed by atoms with Crippen LogP contribution in [0.2, 0.25) is 0 Å². The zero-order valence-electron chi connectivity index (χ0n) is 14.5. The number of amides is 1. The number of tetrazole rings is 1. The van der Waals surface area contributed by atoms with Crippen LogP contribution in [0.4, 0.5) is 0 Å². The molecule has 9 heteroatoms. The molecule has 9 nitrogen and oxygen atoms in total. The van der Waals surface area contributed by atoms with Crippen molar-refractivity contribution in [2.75, 3.05) is 0 Å². The SMILES string of the molecule is CC(NC(=O)c1ccc(-n2ccnn2)cc1)c1nnnn1-c1ccccc1. The van der Waals surface area contributed by atoms with Crippen LogP contribution >= 0.6 is 0 Å². The highest BCUT2D eigenvalue weighted by atomic mass is 16.1. The van der Waals surface area contributed by atoms with Gasteiger partial charge in [-0.2, -0.15) is 4.68 Å². The van der Waals surface area contributed by atoms with E-state index in [0.29, 0.717) is 11.4 Å². The summed E-state index contributed by atoms with van der Waals surface area (Å²) in [7, 11) is 0. The molecule has 0 spiro atoms. The van der Waals surface area contributed by atoms with E-state index in [4.69, 9.17) is 0 Å². The van der Waals surface area contributed by atoms with Crippen molar-refractivity contribution in [3.8, 4) is 11.4 Å². The Kier molecular flexibility index (Phi) is 4.40. The second kappa shape index (κ2) is 7.16. The number of carbonyl (C=O) groups is 1. The molecule has 0 bridgehead atoms. The molecular formula is C18H16N8O. The fraction of sp³-hybridized carbons (Fsp3) is 0.111. The van der Waals surface area contributed by atoms with Gasteiger partial charge in [-0.3, -0.25) is 4.79 Å². The largest absolute Gasteiger partial charge is 0.342 e. The second-order valence-electron chi connectivity index (χ2n) is 5.87. The van der Waals surface area contributed by atoms with Gasteiger partial charge in [-0.1, -0.05) is 23.4 Å². The first-order valence-corrected chi connectivity index (χ1v) is 8.34. The number of rotatable bonds is 5. The fourth-order valence-electron chi connectivity index (χ4n) is 2.67. The first-order chi connectivity index (χ1) is 13.2. The lowest BCUT2D eigenvalue weighted by molar-refractivity contribution is 0.0938. The lowest BCUT2D eigenvalue weighted by atomic mass is 10.1. The number of nitrogens with one attached hydrogen (secondary N) is 1. The van der Waals surface area contributed by atoms with E-state index in [9.17, 15) is 4.79 Å². The van der Waals surface area contributed by atoms with Gasteiger partial charge in [0.1, 0.15) is 0 Å². The van der Waals surface area contributed by atoms with Crippen molar-refractivity contribution in [2.45, 2.75) is 13.0 Å². The highest BCUT2D eigenvalue weighted by molar-refractivity contribution is 5.94. The summed E-state index contributed by atoms with van der Waals surface area (Å²) in [5, 5.41) is 22.4. The van der Waals surface area contributed by atoms with Gasteiger partial charge in [0.25, 0.3) is 5.91 Å². The van der Waals surface area contributed by atoms with E-state index in [1.807, 2.05) is 49.4 Å². The Morgan fingerprint density at radius 2 is 1.78 bits per heavy atom. The molecule has 0 fully saturated rings. The summed E-state index contributed by atoms with van der Waals surface area (Å²) in [6.07, 6.45) is 3.33. The average Bonchev–Trinajstić information content (AvgIpc) is 3.41. The number of para-hydroxylation sites is 1. The van der Waals surface area contributed by atoms with Crippen LogP contribution in [-0.2, 0) is 0 Å². The van der Waals surface area contributed by atoms with Crippen LogP contribution in [0.25, 0.3) is 11.4 Å². The Hall–Kier alpha value is -3.88. The molecular weight excluding hydrogens is 344 g/mol. The molecule has 27 heavy (non-hydrogen) atoms. The van der Waals surface area contributed by atoms with Crippen molar-refractivity contribution in [3.63, 3.8) is 0 Å². The minimum atomic E-state index is -0.373. The molecule has 2 aromatic carbocycles. The van der Waals surface area contributed by atoms with Gasteiger partial charge in [-0.25, -0.2) is 4.68 Å². The van der Waals surface area contributed by atoms with Crippen LogP contribution < -0.4 is 5.32 Å². The van der Waals surface area contributed by atoms with Crippen LogP contribution in [0, 0.1) is 0 Å². The van der Waals surface area contributed by atoms with Gasteiger partial charge in [-0.05, 0) is 53.7 Å². The molecule has 0 aliphatic carbocycles. The molecule has 0 aliphatic heterocycles. The molecule has 1 unspecified atom stereocenters. The Labute approximate surface area is 154 Å². The minimum absolute atomic E-state index is 0.213. The summed E-state index contributed by atoms with van der Waals surface area (Å²) < 4.78 is 3.23. The number of nitrogens with zero attached hydrogens (tertiary/aromatic N) is 7. The van der Waals surface area contributed by atoms with Crippen LogP contribution in [0.5, 0.6) is 0 Å². The Bertz CT molecular complexity index is 1020. The minimum Gasteiger partial charge on any atom is -0.342 e. The molecule has 0 radical (unpaired) electrons. The summed E-state index contributed by atoms with van der Waals surface area (Å²) in [5.74, 6) is 0.337. The highest BCUT2D eigenvalue weighted by Crippen LogP contribution is 2.15. The van der Waals surface area contributed by atoms with Gasteiger partial charge in [0.15, 0.2) is 5.82 Å². The molecule has 0 aliphatic rings. The molecule has 1 atom stereocenters. The van der Waals surface area contributed by atoms with Gasteiger partial charge < -0.3 is 5.32 Å². The van der Waals surface area contributed by atoms with Crippen molar-refractivity contribution < 1.29 is 4.79 Å².